The normalized spacial score (nSPS) is 13.1. The topological polar surface area (TPSA) is 71.1 Å². The van der Waals surface area contributed by atoms with E-state index >= 15 is 0 Å². The van der Waals surface area contributed by atoms with Gasteiger partial charge in [-0.1, -0.05) is 29.3 Å². The van der Waals surface area contributed by atoms with Crippen molar-refractivity contribution in [2.45, 2.75) is 17.7 Å². The van der Waals surface area contributed by atoms with Crippen LogP contribution in [0.1, 0.15) is 12.8 Å². The molecule has 2 aromatic carbocycles. The largest absolute Gasteiger partial charge is 0.326 e. The first-order valence-electron chi connectivity index (χ1n) is 9.22. The number of carbonyl (C=O) groups excluding carboxylic acids is 2. The van der Waals surface area contributed by atoms with Gasteiger partial charge in [-0.25, -0.2) is 4.98 Å². The molecule has 0 radical (unpaired) electrons. The fourth-order valence-electron chi connectivity index (χ4n) is 2.71. The maximum atomic E-state index is 12.3. The molecule has 1 saturated carbocycles. The van der Waals surface area contributed by atoms with Gasteiger partial charge in [0.05, 0.1) is 16.5 Å². The van der Waals surface area contributed by atoms with E-state index in [1.54, 1.807) is 18.2 Å². The lowest BCUT2D eigenvalue weighted by Gasteiger charge is -2.07. The second-order valence-electron chi connectivity index (χ2n) is 6.79. The minimum absolute atomic E-state index is 0.0651. The Morgan fingerprint density at radius 1 is 1.13 bits per heavy atom. The zero-order chi connectivity index (χ0) is 21.1. The molecule has 0 unspecified atom stereocenters. The van der Waals surface area contributed by atoms with Crippen molar-refractivity contribution in [3.63, 3.8) is 0 Å². The Hall–Kier alpha value is -2.06. The summed E-state index contributed by atoms with van der Waals surface area (Å²) in [6.07, 6.45) is 1.92. The minimum Gasteiger partial charge on any atom is -0.326 e. The van der Waals surface area contributed by atoms with Crippen molar-refractivity contribution in [1.82, 2.24) is 4.98 Å². The van der Waals surface area contributed by atoms with E-state index in [0.29, 0.717) is 20.9 Å². The van der Waals surface area contributed by atoms with Gasteiger partial charge in [0.15, 0.2) is 5.13 Å². The van der Waals surface area contributed by atoms with Gasteiger partial charge in [-0.3, -0.25) is 9.59 Å². The molecule has 2 N–H and O–H groups in total. The van der Waals surface area contributed by atoms with Crippen molar-refractivity contribution in [2.24, 2.45) is 5.92 Å². The van der Waals surface area contributed by atoms with E-state index in [2.05, 4.69) is 15.6 Å². The molecule has 0 aliphatic heterocycles. The summed E-state index contributed by atoms with van der Waals surface area (Å²) in [5, 5.41) is 9.14. The van der Waals surface area contributed by atoms with Gasteiger partial charge >= 0.3 is 0 Å². The predicted molar refractivity (Wildman–Crippen MR) is 125 cm³/mol. The van der Waals surface area contributed by atoms with Crippen LogP contribution in [0, 0.1) is 5.92 Å². The van der Waals surface area contributed by atoms with Crippen LogP contribution in [0.2, 0.25) is 10.0 Å². The van der Waals surface area contributed by atoms with Gasteiger partial charge in [0.25, 0.3) is 0 Å². The molecular weight excluding hydrogens is 461 g/mol. The minimum atomic E-state index is -0.157. The number of anilines is 2. The van der Waals surface area contributed by atoms with Gasteiger partial charge in [0.2, 0.25) is 11.8 Å². The van der Waals surface area contributed by atoms with Crippen molar-refractivity contribution < 1.29 is 9.59 Å². The Labute approximate surface area is 192 Å². The Morgan fingerprint density at radius 3 is 2.73 bits per heavy atom. The van der Waals surface area contributed by atoms with E-state index in [1.807, 2.05) is 29.6 Å². The molecule has 0 bridgehead atoms. The van der Waals surface area contributed by atoms with Crippen molar-refractivity contribution in [3.8, 4) is 11.3 Å². The van der Waals surface area contributed by atoms with Crippen LogP contribution in [0.4, 0.5) is 10.8 Å². The van der Waals surface area contributed by atoms with E-state index in [0.717, 1.165) is 29.0 Å². The van der Waals surface area contributed by atoms with Crippen LogP contribution in [0.5, 0.6) is 0 Å². The molecule has 1 aromatic heterocycles. The number of rotatable bonds is 7. The highest BCUT2D eigenvalue weighted by Gasteiger charge is 2.29. The molecule has 154 valence electrons. The first-order chi connectivity index (χ1) is 14.5. The highest BCUT2D eigenvalue weighted by molar-refractivity contribution is 8.00. The molecule has 1 fully saturated rings. The van der Waals surface area contributed by atoms with Gasteiger partial charge in [0.1, 0.15) is 0 Å². The first-order valence-corrected chi connectivity index (χ1v) is 11.8. The highest BCUT2D eigenvalue weighted by Crippen LogP contribution is 2.33. The SMILES string of the molecule is O=C(CSc1cccc(NC(=O)C2CC2)c1)Nc1nc(-c2ccc(Cl)cc2Cl)cs1. The van der Waals surface area contributed by atoms with E-state index in [9.17, 15) is 9.59 Å². The summed E-state index contributed by atoms with van der Waals surface area (Å²) in [6.45, 7) is 0. The molecule has 30 heavy (non-hydrogen) atoms. The van der Waals surface area contributed by atoms with Gasteiger partial charge < -0.3 is 10.6 Å². The number of thiazole rings is 1. The fraction of sp³-hybridized carbons (Fsp3) is 0.190. The van der Waals surface area contributed by atoms with Gasteiger partial charge in [-0.2, -0.15) is 0 Å². The number of hydrogen-bond donors (Lipinski definition) is 2. The maximum absolute atomic E-state index is 12.3. The van der Waals surface area contributed by atoms with Crippen LogP contribution < -0.4 is 10.6 Å². The number of thioether (sulfide) groups is 1. The number of carbonyl (C=O) groups is 2. The molecule has 1 heterocycles. The summed E-state index contributed by atoms with van der Waals surface area (Å²) in [5.41, 5.74) is 2.20. The molecule has 5 nitrogen and oxygen atoms in total. The molecule has 4 rings (SSSR count). The van der Waals surface area contributed by atoms with Crippen LogP contribution in [0.25, 0.3) is 11.3 Å². The van der Waals surface area contributed by atoms with Gasteiger partial charge in [-0.15, -0.1) is 23.1 Å². The standard InChI is InChI=1S/C21H17Cl2N3O2S2/c22-13-6-7-16(17(23)8-13)18-10-30-21(25-18)26-19(27)11-29-15-3-1-2-14(9-15)24-20(28)12-4-5-12/h1-3,6-10,12H,4-5,11H2,(H,24,28)(H,25,26,27). The van der Waals surface area contributed by atoms with Crippen LogP contribution in [0.15, 0.2) is 52.7 Å². The monoisotopic (exact) mass is 477 g/mol. The maximum Gasteiger partial charge on any atom is 0.236 e. The molecule has 1 aliphatic rings. The Morgan fingerprint density at radius 2 is 1.97 bits per heavy atom. The van der Waals surface area contributed by atoms with Crippen molar-refractivity contribution in [1.29, 1.82) is 0 Å². The second-order valence-corrected chi connectivity index (χ2v) is 9.54. The van der Waals surface area contributed by atoms with E-state index in [-0.39, 0.29) is 23.5 Å². The second kappa shape index (κ2) is 9.39. The molecule has 9 heteroatoms. The number of nitrogens with one attached hydrogen (secondary N) is 2. The summed E-state index contributed by atoms with van der Waals surface area (Å²) in [6, 6.07) is 12.7. The van der Waals surface area contributed by atoms with Crippen LogP contribution in [-0.2, 0) is 9.59 Å². The molecule has 0 atom stereocenters. The van der Waals surface area contributed by atoms with Crippen molar-refractivity contribution in [2.75, 3.05) is 16.4 Å². The van der Waals surface area contributed by atoms with Gasteiger partial charge in [-0.05, 0) is 49.2 Å². The van der Waals surface area contributed by atoms with Crippen molar-refractivity contribution >= 4 is 68.9 Å². The number of hydrogen-bond acceptors (Lipinski definition) is 5. The third-order valence-electron chi connectivity index (χ3n) is 4.38. The fourth-order valence-corrected chi connectivity index (χ4v) is 4.70. The number of benzene rings is 2. The highest BCUT2D eigenvalue weighted by atomic mass is 35.5. The predicted octanol–water partition coefficient (Wildman–Crippen LogP) is 6.20. The zero-order valence-corrected chi connectivity index (χ0v) is 18.8. The molecule has 1 aliphatic carbocycles. The molecule has 0 spiro atoms. The number of aromatic nitrogens is 1. The summed E-state index contributed by atoms with van der Waals surface area (Å²) >= 11 is 14.9. The number of amides is 2. The summed E-state index contributed by atoms with van der Waals surface area (Å²) in [7, 11) is 0. The quantitative estimate of drug-likeness (QED) is 0.397. The van der Waals surface area contributed by atoms with Crippen molar-refractivity contribution in [3.05, 3.63) is 57.9 Å². The summed E-state index contributed by atoms with van der Waals surface area (Å²) < 4.78 is 0. The molecular formula is C21H17Cl2N3O2S2. The summed E-state index contributed by atoms with van der Waals surface area (Å²) in [4.78, 5) is 29.6. The lowest BCUT2D eigenvalue weighted by Crippen LogP contribution is -2.14. The smallest absolute Gasteiger partial charge is 0.236 e. The third-order valence-corrected chi connectivity index (χ3v) is 6.68. The van der Waals surface area contributed by atoms with E-state index in [4.69, 9.17) is 23.2 Å². The lowest BCUT2D eigenvalue weighted by atomic mass is 10.2. The van der Waals surface area contributed by atoms with E-state index < -0.39 is 0 Å². The zero-order valence-electron chi connectivity index (χ0n) is 15.7. The van der Waals surface area contributed by atoms with Crippen LogP contribution >= 0.6 is 46.3 Å². The molecule has 3 aromatic rings. The number of halogens is 2. The lowest BCUT2D eigenvalue weighted by molar-refractivity contribution is -0.117. The average molecular weight is 478 g/mol. The average Bonchev–Trinajstić information content (AvgIpc) is 3.47. The Balaban J connectivity index is 1.32. The Kier molecular flexibility index (Phi) is 6.63. The first kappa shape index (κ1) is 21.2. The number of nitrogens with zero attached hydrogens (tertiary/aromatic N) is 1. The Bertz CT molecular complexity index is 1100. The third kappa shape index (κ3) is 5.55. The molecule has 0 saturated heterocycles. The summed E-state index contributed by atoms with van der Waals surface area (Å²) in [5.74, 6) is 0.292. The van der Waals surface area contributed by atoms with Crippen LogP contribution in [0.3, 0.4) is 0 Å². The van der Waals surface area contributed by atoms with Crippen LogP contribution in [-0.4, -0.2) is 22.6 Å². The van der Waals surface area contributed by atoms with Gasteiger partial charge in [0, 0.05) is 32.5 Å². The van der Waals surface area contributed by atoms with E-state index in [1.165, 1.54) is 23.1 Å². The molecule has 2 amide bonds.